The van der Waals surface area contributed by atoms with E-state index in [2.05, 4.69) is 10.3 Å². The summed E-state index contributed by atoms with van der Waals surface area (Å²) in [5, 5.41) is 2.04. The van der Waals surface area contributed by atoms with Crippen LogP contribution in [0.25, 0.3) is 11.1 Å². The molecule has 142 valence electrons. The molecule has 1 heterocycles. The Balaban J connectivity index is 1.82. The van der Waals surface area contributed by atoms with Gasteiger partial charge in [0, 0.05) is 0 Å². The van der Waals surface area contributed by atoms with Crippen molar-refractivity contribution < 1.29 is 22.4 Å². The largest absolute Gasteiger partial charge is 0.431 e. The van der Waals surface area contributed by atoms with E-state index in [4.69, 9.17) is 4.42 Å². The third kappa shape index (κ3) is 4.44. The number of amides is 1. The van der Waals surface area contributed by atoms with Gasteiger partial charge in [-0.3, -0.25) is 4.79 Å². The third-order valence-electron chi connectivity index (χ3n) is 3.86. The number of thioether (sulfide) groups is 1. The van der Waals surface area contributed by atoms with Crippen LogP contribution in [0.3, 0.4) is 0 Å². The van der Waals surface area contributed by atoms with Gasteiger partial charge in [-0.2, -0.15) is 13.2 Å². The molecular formula is C19H17F3N2O2S. The van der Waals surface area contributed by atoms with Gasteiger partial charge in [0.05, 0.1) is 16.5 Å². The summed E-state index contributed by atoms with van der Waals surface area (Å²) in [6, 6.07) is 12.1. The number of para-hydroxylation sites is 3. The average Bonchev–Trinajstić information content (AvgIpc) is 3.01. The third-order valence-corrected chi connectivity index (χ3v) is 5.24. The van der Waals surface area contributed by atoms with Gasteiger partial charge in [-0.25, -0.2) is 4.98 Å². The van der Waals surface area contributed by atoms with Crippen molar-refractivity contribution in [3.8, 4) is 0 Å². The minimum Gasteiger partial charge on any atom is -0.431 e. The molecule has 1 amide bonds. The molecule has 8 heteroatoms. The molecule has 0 aliphatic rings. The Morgan fingerprint density at radius 3 is 2.44 bits per heavy atom. The molecule has 0 aliphatic carbocycles. The number of halogens is 3. The zero-order valence-electron chi connectivity index (χ0n) is 14.6. The number of carbonyl (C=O) groups excluding carboxylic acids is 1. The van der Waals surface area contributed by atoms with Gasteiger partial charge in [-0.15, -0.1) is 0 Å². The van der Waals surface area contributed by atoms with Gasteiger partial charge in [-0.05, 0) is 30.2 Å². The minimum atomic E-state index is -4.55. The molecule has 1 unspecified atom stereocenters. The van der Waals surface area contributed by atoms with Gasteiger partial charge in [-0.1, -0.05) is 49.9 Å². The van der Waals surface area contributed by atoms with E-state index in [-0.39, 0.29) is 11.6 Å². The van der Waals surface area contributed by atoms with Gasteiger partial charge >= 0.3 is 6.18 Å². The summed E-state index contributed by atoms with van der Waals surface area (Å²) in [7, 11) is 0. The number of fused-ring (bicyclic) bond motifs is 1. The number of alkyl halides is 3. The number of hydrogen-bond donors (Lipinski definition) is 1. The molecule has 1 atom stereocenters. The Bertz CT molecular complexity index is 920. The first-order chi connectivity index (χ1) is 12.8. The Hall–Kier alpha value is -2.48. The fourth-order valence-electron chi connectivity index (χ4n) is 2.55. The molecule has 0 saturated carbocycles. The molecule has 0 spiro atoms. The summed E-state index contributed by atoms with van der Waals surface area (Å²) in [6.45, 7) is 3.63. The number of nitrogens with one attached hydrogen (secondary N) is 1. The van der Waals surface area contributed by atoms with E-state index in [1.807, 2.05) is 26.0 Å². The van der Waals surface area contributed by atoms with E-state index in [1.165, 1.54) is 18.2 Å². The second kappa shape index (κ2) is 7.64. The number of carbonyl (C=O) groups is 1. The highest BCUT2D eigenvalue weighted by Gasteiger charge is 2.34. The number of anilines is 1. The molecule has 0 aliphatic heterocycles. The van der Waals surface area contributed by atoms with Crippen LogP contribution in [0.2, 0.25) is 0 Å². The highest BCUT2D eigenvalue weighted by atomic mass is 32.2. The van der Waals surface area contributed by atoms with Crippen molar-refractivity contribution in [2.75, 3.05) is 5.32 Å². The molecule has 3 aromatic rings. The Labute approximate surface area is 158 Å². The number of benzene rings is 2. The Morgan fingerprint density at radius 1 is 1.11 bits per heavy atom. The molecule has 1 aromatic heterocycles. The van der Waals surface area contributed by atoms with Crippen molar-refractivity contribution in [3.63, 3.8) is 0 Å². The zero-order valence-corrected chi connectivity index (χ0v) is 15.4. The van der Waals surface area contributed by atoms with Crippen LogP contribution >= 0.6 is 11.8 Å². The number of nitrogens with zero attached hydrogens (tertiary/aromatic N) is 1. The van der Waals surface area contributed by atoms with Crippen molar-refractivity contribution in [1.29, 1.82) is 0 Å². The normalized spacial score (nSPS) is 13.1. The SMILES string of the molecule is CC(C)C(Sc1nc2ccccc2o1)C(=O)Nc1ccccc1C(F)(F)F. The van der Waals surface area contributed by atoms with Crippen molar-refractivity contribution in [3.05, 3.63) is 54.1 Å². The average molecular weight is 394 g/mol. The number of rotatable bonds is 5. The maximum absolute atomic E-state index is 13.1. The first-order valence-electron chi connectivity index (χ1n) is 8.25. The summed E-state index contributed by atoms with van der Waals surface area (Å²) >= 11 is 1.09. The monoisotopic (exact) mass is 394 g/mol. The first-order valence-corrected chi connectivity index (χ1v) is 9.13. The number of hydrogen-bond acceptors (Lipinski definition) is 4. The molecule has 0 fully saturated rings. The van der Waals surface area contributed by atoms with Crippen LogP contribution in [-0.4, -0.2) is 16.1 Å². The maximum atomic E-state index is 13.1. The van der Waals surface area contributed by atoms with Crippen LogP contribution in [-0.2, 0) is 11.0 Å². The summed E-state index contributed by atoms with van der Waals surface area (Å²) in [4.78, 5) is 17.0. The molecule has 1 N–H and O–H groups in total. The lowest BCUT2D eigenvalue weighted by Gasteiger charge is -2.20. The predicted molar refractivity (Wildman–Crippen MR) is 98.6 cm³/mol. The maximum Gasteiger partial charge on any atom is 0.418 e. The van der Waals surface area contributed by atoms with E-state index >= 15 is 0 Å². The minimum absolute atomic E-state index is 0.150. The highest BCUT2D eigenvalue weighted by molar-refractivity contribution is 8.00. The van der Waals surface area contributed by atoms with E-state index in [9.17, 15) is 18.0 Å². The quantitative estimate of drug-likeness (QED) is 0.572. The summed E-state index contributed by atoms with van der Waals surface area (Å²) in [6.07, 6.45) is -4.55. The Kier molecular flexibility index (Phi) is 5.46. The van der Waals surface area contributed by atoms with Crippen molar-refractivity contribution in [1.82, 2.24) is 4.98 Å². The van der Waals surface area contributed by atoms with Gasteiger partial charge in [0.2, 0.25) is 5.91 Å². The molecule has 0 bridgehead atoms. The van der Waals surface area contributed by atoms with E-state index in [0.717, 1.165) is 17.8 Å². The van der Waals surface area contributed by atoms with Crippen LogP contribution in [0.5, 0.6) is 0 Å². The highest BCUT2D eigenvalue weighted by Crippen LogP contribution is 2.36. The molecule has 0 radical (unpaired) electrons. The molecule has 0 saturated heterocycles. The van der Waals surface area contributed by atoms with Gasteiger partial charge in [0.15, 0.2) is 5.58 Å². The van der Waals surface area contributed by atoms with E-state index in [0.29, 0.717) is 16.3 Å². The fraction of sp³-hybridized carbons (Fsp3) is 0.263. The first kappa shape index (κ1) is 19.3. The lowest BCUT2D eigenvalue weighted by molar-refractivity contribution is -0.137. The van der Waals surface area contributed by atoms with Gasteiger partial charge < -0.3 is 9.73 Å². The van der Waals surface area contributed by atoms with Crippen LogP contribution < -0.4 is 5.32 Å². The lowest BCUT2D eigenvalue weighted by Crippen LogP contribution is -2.30. The Morgan fingerprint density at radius 2 is 1.78 bits per heavy atom. The number of oxazole rings is 1. The van der Waals surface area contributed by atoms with Crippen LogP contribution in [0.4, 0.5) is 18.9 Å². The summed E-state index contributed by atoms with van der Waals surface area (Å²) < 4.78 is 45.0. The summed E-state index contributed by atoms with van der Waals surface area (Å²) in [5.41, 5.74) is 0.0993. The predicted octanol–water partition coefficient (Wildman–Crippen LogP) is 5.60. The van der Waals surface area contributed by atoms with Gasteiger partial charge in [0.1, 0.15) is 5.52 Å². The molecule has 3 rings (SSSR count). The molecule has 27 heavy (non-hydrogen) atoms. The zero-order chi connectivity index (χ0) is 19.6. The number of aromatic nitrogens is 1. The fourth-order valence-corrected chi connectivity index (χ4v) is 3.49. The second-order valence-electron chi connectivity index (χ2n) is 6.26. The summed E-state index contributed by atoms with van der Waals surface area (Å²) in [5.74, 6) is -0.683. The van der Waals surface area contributed by atoms with Crippen molar-refractivity contribution in [2.45, 2.75) is 30.5 Å². The van der Waals surface area contributed by atoms with Crippen LogP contribution in [0, 0.1) is 5.92 Å². The molecule has 4 nitrogen and oxygen atoms in total. The van der Waals surface area contributed by atoms with Crippen LogP contribution in [0.15, 0.2) is 58.2 Å². The van der Waals surface area contributed by atoms with E-state index in [1.54, 1.807) is 12.1 Å². The molecular weight excluding hydrogens is 377 g/mol. The van der Waals surface area contributed by atoms with Gasteiger partial charge in [0.25, 0.3) is 5.22 Å². The van der Waals surface area contributed by atoms with Crippen LogP contribution in [0.1, 0.15) is 19.4 Å². The van der Waals surface area contributed by atoms with Crippen molar-refractivity contribution in [2.24, 2.45) is 5.92 Å². The second-order valence-corrected chi connectivity index (χ2v) is 7.36. The topological polar surface area (TPSA) is 55.1 Å². The standard InChI is InChI=1S/C19H17F3N2O2S/c1-11(2)16(27-18-24-14-9-5-6-10-15(14)26-18)17(25)23-13-8-4-3-7-12(13)19(20,21)22/h3-11,16H,1-2H3,(H,23,25). The van der Waals surface area contributed by atoms with E-state index < -0.39 is 22.9 Å². The molecule has 2 aromatic carbocycles. The van der Waals surface area contributed by atoms with Crippen molar-refractivity contribution >= 4 is 34.5 Å². The smallest absolute Gasteiger partial charge is 0.418 e. The lowest BCUT2D eigenvalue weighted by atomic mass is 10.1.